The van der Waals surface area contributed by atoms with Crippen LogP contribution in [0.15, 0.2) is 34.7 Å². The van der Waals surface area contributed by atoms with Crippen molar-refractivity contribution in [1.82, 2.24) is 0 Å². The minimum absolute atomic E-state index is 0.723. The average molecular weight is 266 g/mol. The number of aryl methyl sites for hydroxylation is 1. The van der Waals surface area contributed by atoms with E-state index < -0.39 is 0 Å². The Morgan fingerprint density at radius 3 is 2.60 bits per heavy atom. The van der Waals surface area contributed by atoms with Gasteiger partial charge < -0.3 is 4.42 Å². The molecule has 3 rings (SSSR count). The summed E-state index contributed by atoms with van der Waals surface area (Å²) in [6.45, 7) is 8.89. The van der Waals surface area contributed by atoms with Crippen molar-refractivity contribution in [2.75, 3.05) is 0 Å². The van der Waals surface area contributed by atoms with Crippen molar-refractivity contribution in [2.45, 2.75) is 40.5 Å². The Balaban J connectivity index is 2.21. The van der Waals surface area contributed by atoms with Gasteiger partial charge >= 0.3 is 0 Å². The molecule has 1 heteroatoms. The summed E-state index contributed by atoms with van der Waals surface area (Å²) in [6.07, 6.45) is 2.32. The number of hydrogen-bond acceptors (Lipinski definition) is 1. The van der Waals surface area contributed by atoms with Gasteiger partial charge in [-0.05, 0) is 60.6 Å². The van der Waals surface area contributed by atoms with Gasteiger partial charge in [-0.3, -0.25) is 0 Å². The van der Waals surface area contributed by atoms with Gasteiger partial charge in [0.05, 0.1) is 0 Å². The van der Waals surface area contributed by atoms with Gasteiger partial charge in [0.25, 0.3) is 0 Å². The average Bonchev–Trinajstić information content (AvgIpc) is 2.75. The zero-order valence-corrected chi connectivity index (χ0v) is 12.8. The maximum absolute atomic E-state index is 6.09. The van der Waals surface area contributed by atoms with Crippen molar-refractivity contribution in [2.24, 2.45) is 5.92 Å². The highest BCUT2D eigenvalue weighted by atomic mass is 16.3. The molecule has 104 valence electrons. The van der Waals surface area contributed by atoms with E-state index in [9.17, 15) is 0 Å². The van der Waals surface area contributed by atoms with Crippen LogP contribution in [-0.2, 0) is 6.42 Å². The standard InChI is InChI=1S/C19H22O/c1-12(2)9-10-16-13(3)19-17-8-6-5-7-15(17)11-18(19)20-14(16)4/h5-8,11-12H,9-10H2,1-4H3. The predicted octanol–water partition coefficient (Wildman–Crippen LogP) is 5.74. The Hall–Kier alpha value is -1.76. The zero-order chi connectivity index (χ0) is 14.3. The Kier molecular flexibility index (Phi) is 3.29. The van der Waals surface area contributed by atoms with Crippen LogP contribution in [-0.4, -0.2) is 0 Å². The first kappa shape index (κ1) is 13.2. The van der Waals surface area contributed by atoms with Crippen molar-refractivity contribution in [3.05, 3.63) is 47.2 Å². The molecule has 0 atom stereocenters. The van der Waals surface area contributed by atoms with Crippen molar-refractivity contribution in [1.29, 1.82) is 0 Å². The van der Waals surface area contributed by atoms with Crippen LogP contribution in [0.25, 0.3) is 22.1 Å². The van der Waals surface area contributed by atoms with E-state index in [0.717, 1.165) is 23.9 Å². The Morgan fingerprint density at radius 1 is 1.10 bits per heavy atom. The van der Waals surface area contributed by atoms with E-state index in [2.05, 4.69) is 58.0 Å². The second kappa shape index (κ2) is 4.97. The first-order valence-electron chi connectivity index (χ1n) is 7.48. The summed E-state index contributed by atoms with van der Waals surface area (Å²) in [7, 11) is 0. The van der Waals surface area contributed by atoms with Crippen molar-refractivity contribution in [3.8, 4) is 11.3 Å². The summed E-state index contributed by atoms with van der Waals surface area (Å²) >= 11 is 0. The molecule has 0 unspecified atom stereocenters. The fourth-order valence-corrected chi connectivity index (χ4v) is 3.10. The molecule has 0 radical (unpaired) electrons. The molecule has 1 aliphatic carbocycles. The molecule has 1 nitrogen and oxygen atoms in total. The lowest BCUT2D eigenvalue weighted by Gasteiger charge is -2.15. The van der Waals surface area contributed by atoms with Crippen LogP contribution in [0.5, 0.6) is 0 Å². The smallest absolute Gasteiger partial charge is 0.135 e. The highest BCUT2D eigenvalue weighted by Gasteiger charge is 2.19. The zero-order valence-electron chi connectivity index (χ0n) is 12.8. The van der Waals surface area contributed by atoms with Gasteiger partial charge in [-0.15, -0.1) is 0 Å². The third-order valence-corrected chi connectivity index (χ3v) is 4.25. The monoisotopic (exact) mass is 266 g/mol. The highest BCUT2D eigenvalue weighted by molar-refractivity contribution is 6.02. The van der Waals surface area contributed by atoms with E-state index in [0.29, 0.717) is 0 Å². The summed E-state index contributed by atoms with van der Waals surface area (Å²) < 4.78 is 6.09. The van der Waals surface area contributed by atoms with Crippen molar-refractivity contribution in [3.63, 3.8) is 0 Å². The quantitative estimate of drug-likeness (QED) is 0.589. The number of fused-ring (bicyclic) bond motifs is 3. The van der Waals surface area contributed by atoms with Gasteiger partial charge in [0.15, 0.2) is 0 Å². The number of rotatable bonds is 3. The summed E-state index contributed by atoms with van der Waals surface area (Å²) in [5.41, 5.74) is 4.08. The molecular weight excluding hydrogens is 244 g/mol. The summed E-state index contributed by atoms with van der Waals surface area (Å²) in [5.74, 6) is 2.82. The molecule has 0 aromatic heterocycles. The highest BCUT2D eigenvalue weighted by Crippen LogP contribution is 2.39. The van der Waals surface area contributed by atoms with Crippen molar-refractivity contribution >= 4 is 10.8 Å². The Labute approximate surface area is 120 Å². The van der Waals surface area contributed by atoms with E-state index in [1.807, 2.05) is 0 Å². The molecular formula is C19H22O. The van der Waals surface area contributed by atoms with Gasteiger partial charge in [-0.25, -0.2) is 0 Å². The topological polar surface area (TPSA) is 13.1 Å². The van der Waals surface area contributed by atoms with Gasteiger partial charge in [-0.2, -0.15) is 0 Å². The molecule has 0 fully saturated rings. The predicted molar refractivity (Wildman–Crippen MR) is 85.5 cm³/mol. The fourth-order valence-electron chi connectivity index (χ4n) is 3.10. The molecule has 0 spiro atoms. The van der Waals surface area contributed by atoms with Crippen LogP contribution < -0.4 is 0 Å². The number of benzene rings is 1. The molecule has 1 heterocycles. The normalized spacial score (nSPS) is 11.8. The van der Waals surface area contributed by atoms with Crippen LogP contribution in [0.4, 0.5) is 0 Å². The van der Waals surface area contributed by atoms with E-state index in [-0.39, 0.29) is 0 Å². The maximum atomic E-state index is 6.09. The molecule has 0 amide bonds. The summed E-state index contributed by atoms with van der Waals surface area (Å²) in [4.78, 5) is 0. The van der Waals surface area contributed by atoms with E-state index in [1.165, 1.54) is 33.9 Å². The number of hydrogen-bond donors (Lipinski definition) is 0. The first-order chi connectivity index (χ1) is 9.58. The molecule has 20 heavy (non-hydrogen) atoms. The van der Waals surface area contributed by atoms with Crippen LogP contribution in [0.2, 0.25) is 0 Å². The van der Waals surface area contributed by atoms with E-state index in [4.69, 9.17) is 4.42 Å². The van der Waals surface area contributed by atoms with Crippen LogP contribution >= 0.6 is 0 Å². The molecule has 0 saturated carbocycles. The van der Waals surface area contributed by atoms with Crippen molar-refractivity contribution < 1.29 is 4.42 Å². The van der Waals surface area contributed by atoms with Gasteiger partial charge in [0.2, 0.25) is 0 Å². The Morgan fingerprint density at radius 2 is 1.85 bits per heavy atom. The van der Waals surface area contributed by atoms with Gasteiger partial charge in [-0.1, -0.05) is 38.1 Å². The lowest BCUT2D eigenvalue weighted by atomic mass is 9.95. The third-order valence-electron chi connectivity index (χ3n) is 4.25. The molecule has 1 aromatic carbocycles. The van der Waals surface area contributed by atoms with Crippen LogP contribution in [0, 0.1) is 19.8 Å². The van der Waals surface area contributed by atoms with E-state index >= 15 is 0 Å². The Bertz CT molecular complexity index is 718. The minimum atomic E-state index is 0.723. The lowest BCUT2D eigenvalue weighted by molar-refractivity contribution is 0.510. The van der Waals surface area contributed by atoms with Gasteiger partial charge in [0, 0.05) is 5.56 Å². The molecule has 2 aliphatic rings. The molecule has 1 aliphatic heterocycles. The van der Waals surface area contributed by atoms with Crippen LogP contribution in [0.1, 0.15) is 37.2 Å². The SMILES string of the molecule is Cc1oc2cc3ccccc3c-2c(C)c1CCC(C)C. The summed E-state index contributed by atoms with van der Waals surface area (Å²) in [5, 5.41) is 2.59. The third kappa shape index (κ3) is 2.11. The first-order valence-corrected chi connectivity index (χ1v) is 7.48. The maximum Gasteiger partial charge on any atom is 0.135 e. The summed E-state index contributed by atoms with van der Waals surface area (Å²) in [6, 6.07) is 10.7. The fraction of sp³-hybridized carbons (Fsp3) is 0.368. The van der Waals surface area contributed by atoms with Crippen LogP contribution in [0.3, 0.4) is 0 Å². The second-order valence-corrected chi connectivity index (χ2v) is 6.17. The minimum Gasteiger partial charge on any atom is -0.461 e. The second-order valence-electron chi connectivity index (χ2n) is 6.17. The molecule has 0 bridgehead atoms. The van der Waals surface area contributed by atoms with E-state index in [1.54, 1.807) is 0 Å². The molecule has 0 saturated heterocycles. The lowest BCUT2D eigenvalue weighted by Crippen LogP contribution is -2.00. The molecule has 1 aromatic rings. The molecule has 0 N–H and O–H groups in total. The van der Waals surface area contributed by atoms with Gasteiger partial charge in [0.1, 0.15) is 11.5 Å². The largest absolute Gasteiger partial charge is 0.461 e.